The van der Waals surface area contributed by atoms with Crippen molar-refractivity contribution in [3.63, 3.8) is 0 Å². The Hall–Kier alpha value is 0.130. The molecule has 0 radical (unpaired) electrons. The van der Waals surface area contributed by atoms with Gasteiger partial charge in [0.05, 0.1) is 4.34 Å². The van der Waals surface area contributed by atoms with E-state index < -0.39 is 0 Å². The lowest BCUT2D eigenvalue weighted by molar-refractivity contribution is 0.577. The second-order valence-electron chi connectivity index (χ2n) is 3.97. The monoisotopic (exact) mass is 407 g/mol. The van der Waals surface area contributed by atoms with E-state index in [1.165, 1.54) is 10.4 Å². The quantitative estimate of drug-likeness (QED) is 0.675. The summed E-state index contributed by atoms with van der Waals surface area (Å²) >= 11 is 14.6. The maximum Gasteiger partial charge on any atom is 0.0931 e. The van der Waals surface area contributed by atoms with E-state index in [0.717, 1.165) is 19.8 Å². The molecule has 1 atom stereocenters. The zero-order valence-electron chi connectivity index (χ0n) is 9.71. The Morgan fingerprint density at radius 2 is 2.06 bits per heavy atom. The number of hydrogen-bond donors (Lipinski definition) is 1. The summed E-state index contributed by atoms with van der Waals surface area (Å²) in [4.78, 5) is 1.25. The van der Waals surface area contributed by atoms with E-state index in [-0.39, 0.29) is 6.04 Å². The van der Waals surface area contributed by atoms with E-state index in [2.05, 4.69) is 68.4 Å². The van der Waals surface area contributed by atoms with Crippen molar-refractivity contribution in [1.82, 2.24) is 5.32 Å². The van der Waals surface area contributed by atoms with Gasteiger partial charge in [-0.15, -0.1) is 11.3 Å². The van der Waals surface area contributed by atoms with E-state index in [4.69, 9.17) is 11.6 Å². The number of nitrogens with one attached hydrogen (secondary N) is 1. The topological polar surface area (TPSA) is 12.0 Å². The molecule has 1 aromatic carbocycles. The Labute approximate surface area is 133 Å². The molecule has 1 aromatic heterocycles. The molecule has 0 saturated heterocycles. The number of benzene rings is 1. The Morgan fingerprint density at radius 1 is 1.28 bits per heavy atom. The van der Waals surface area contributed by atoms with Gasteiger partial charge in [0.25, 0.3) is 0 Å². The summed E-state index contributed by atoms with van der Waals surface area (Å²) in [5.41, 5.74) is 1.25. The molecular formula is C13H12Br2ClNS. The molecule has 2 aromatic rings. The van der Waals surface area contributed by atoms with Gasteiger partial charge in [-0.2, -0.15) is 0 Å². The normalized spacial score (nSPS) is 12.7. The highest BCUT2D eigenvalue weighted by atomic mass is 79.9. The van der Waals surface area contributed by atoms with Crippen molar-refractivity contribution in [3.8, 4) is 0 Å². The van der Waals surface area contributed by atoms with Crippen LogP contribution in [0.2, 0.25) is 4.34 Å². The molecule has 18 heavy (non-hydrogen) atoms. The molecule has 0 saturated carbocycles. The second kappa shape index (κ2) is 6.53. The fourth-order valence-corrected chi connectivity index (χ4v) is 4.09. The molecule has 1 nitrogen and oxygen atoms in total. The molecule has 96 valence electrons. The van der Waals surface area contributed by atoms with Crippen LogP contribution in [-0.2, 0) is 6.54 Å². The van der Waals surface area contributed by atoms with Crippen LogP contribution in [0.1, 0.15) is 23.4 Å². The van der Waals surface area contributed by atoms with Crippen LogP contribution in [0.3, 0.4) is 0 Å². The van der Waals surface area contributed by atoms with E-state index in [1.807, 2.05) is 6.07 Å². The number of thiophene rings is 1. The van der Waals surface area contributed by atoms with E-state index >= 15 is 0 Å². The van der Waals surface area contributed by atoms with Crippen LogP contribution in [0, 0.1) is 0 Å². The third-order valence-corrected chi connectivity index (χ3v) is 5.05. The van der Waals surface area contributed by atoms with Crippen molar-refractivity contribution < 1.29 is 0 Å². The second-order valence-corrected chi connectivity index (χ2v) is 7.54. The molecule has 0 spiro atoms. The number of halogens is 3. The average molecular weight is 410 g/mol. The smallest absolute Gasteiger partial charge is 0.0931 e. The van der Waals surface area contributed by atoms with Crippen molar-refractivity contribution >= 4 is 54.8 Å². The first-order chi connectivity index (χ1) is 8.56. The van der Waals surface area contributed by atoms with Gasteiger partial charge in [0, 0.05) is 26.4 Å². The van der Waals surface area contributed by atoms with E-state index in [0.29, 0.717) is 0 Å². The van der Waals surface area contributed by atoms with Gasteiger partial charge in [-0.3, -0.25) is 0 Å². The first-order valence-corrected chi connectivity index (χ1v) is 8.27. The third kappa shape index (κ3) is 3.81. The van der Waals surface area contributed by atoms with Crippen LogP contribution in [0.25, 0.3) is 0 Å². The lowest BCUT2D eigenvalue weighted by Crippen LogP contribution is -2.17. The Balaban J connectivity index is 2.01. The van der Waals surface area contributed by atoms with E-state index in [9.17, 15) is 0 Å². The van der Waals surface area contributed by atoms with Gasteiger partial charge in [0.1, 0.15) is 0 Å². The van der Waals surface area contributed by atoms with Gasteiger partial charge in [0.2, 0.25) is 0 Å². The predicted octanol–water partition coefficient (Wildman–Crippen LogP) is 5.78. The molecule has 0 bridgehead atoms. The minimum absolute atomic E-state index is 0.286. The highest BCUT2D eigenvalue weighted by Crippen LogP contribution is 2.27. The zero-order valence-corrected chi connectivity index (χ0v) is 14.5. The molecule has 1 unspecified atom stereocenters. The number of rotatable bonds is 4. The summed E-state index contributed by atoms with van der Waals surface area (Å²) in [6, 6.07) is 10.5. The van der Waals surface area contributed by atoms with Crippen molar-refractivity contribution in [2.45, 2.75) is 19.5 Å². The van der Waals surface area contributed by atoms with Crippen LogP contribution in [0.4, 0.5) is 0 Å². The van der Waals surface area contributed by atoms with Gasteiger partial charge >= 0.3 is 0 Å². The largest absolute Gasteiger partial charge is 0.305 e. The summed E-state index contributed by atoms with van der Waals surface area (Å²) < 4.78 is 3.03. The Kier molecular flexibility index (Phi) is 5.27. The highest BCUT2D eigenvalue weighted by Gasteiger charge is 2.09. The predicted molar refractivity (Wildman–Crippen MR) is 86.4 cm³/mol. The van der Waals surface area contributed by atoms with Gasteiger partial charge < -0.3 is 5.32 Å². The van der Waals surface area contributed by atoms with Crippen LogP contribution in [-0.4, -0.2) is 0 Å². The lowest BCUT2D eigenvalue weighted by atomic mass is 10.1. The van der Waals surface area contributed by atoms with Crippen molar-refractivity contribution in [2.24, 2.45) is 0 Å². The molecular weight excluding hydrogens is 397 g/mol. The summed E-state index contributed by atoms with van der Waals surface area (Å²) in [5, 5.41) is 3.50. The molecule has 5 heteroatoms. The number of hydrogen-bond acceptors (Lipinski definition) is 2. The first-order valence-electron chi connectivity index (χ1n) is 5.49. The molecule has 0 fully saturated rings. The van der Waals surface area contributed by atoms with Crippen molar-refractivity contribution in [2.75, 3.05) is 0 Å². The minimum Gasteiger partial charge on any atom is -0.305 e. The lowest BCUT2D eigenvalue weighted by Gasteiger charge is -2.15. The maximum atomic E-state index is 5.91. The average Bonchev–Trinajstić information content (AvgIpc) is 2.72. The molecule has 0 amide bonds. The molecule has 0 aliphatic carbocycles. The van der Waals surface area contributed by atoms with Gasteiger partial charge in [0.15, 0.2) is 0 Å². The Bertz CT molecular complexity index is 542. The molecule has 1 heterocycles. The van der Waals surface area contributed by atoms with Crippen LogP contribution in [0.5, 0.6) is 0 Å². The summed E-state index contributed by atoms with van der Waals surface area (Å²) in [6.45, 7) is 2.99. The van der Waals surface area contributed by atoms with Gasteiger partial charge in [-0.05, 0) is 36.8 Å². The van der Waals surface area contributed by atoms with Gasteiger partial charge in [-0.25, -0.2) is 0 Å². The van der Waals surface area contributed by atoms with Gasteiger partial charge in [-0.1, -0.05) is 49.5 Å². The standard InChI is InChI=1S/C13H12Br2ClNS/c1-8(11-4-2-9(14)6-12(11)15)17-7-10-3-5-13(16)18-10/h2-6,8,17H,7H2,1H3. The molecule has 0 aliphatic heterocycles. The zero-order chi connectivity index (χ0) is 13.1. The minimum atomic E-state index is 0.286. The fourth-order valence-electron chi connectivity index (χ4n) is 1.66. The summed E-state index contributed by atoms with van der Waals surface area (Å²) in [6.07, 6.45) is 0. The maximum absolute atomic E-state index is 5.91. The van der Waals surface area contributed by atoms with Crippen LogP contribution < -0.4 is 5.32 Å². The fraction of sp³-hybridized carbons (Fsp3) is 0.231. The Morgan fingerprint density at radius 3 is 2.67 bits per heavy atom. The first kappa shape index (κ1) is 14.5. The molecule has 2 rings (SSSR count). The molecule has 1 N–H and O–H groups in total. The van der Waals surface area contributed by atoms with Crippen molar-refractivity contribution in [3.05, 3.63) is 54.1 Å². The van der Waals surface area contributed by atoms with Crippen LogP contribution >= 0.6 is 54.8 Å². The van der Waals surface area contributed by atoms with Crippen LogP contribution in [0.15, 0.2) is 39.3 Å². The van der Waals surface area contributed by atoms with E-state index in [1.54, 1.807) is 11.3 Å². The highest BCUT2D eigenvalue weighted by molar-refractivity contribution is 9.11. The van der Waals surface area contributed by atoms with Crippen molar-refractivity contribution in [1.29, 1.82) is 0 Å². The molecule has 0 aliphatic rings. The summed E-state index contributed by atoms with van der Waals surface area (Å²) in [7, 11) is 0. The SMILES string of the molecule is CC(NCc1ccc(Cl)s1)c1ccc(Br)cc1Br. The summed E-state index contributed by atoms with van der Waals surface area (Å²) in [5.74, 6) is 0. The third-order valence-electron chi connectivity index (χ3n) is 2.64.